The van der Waals surface area contributed by atoms with Crippen molar-refractivity contribution in [3.8, 4) is 5.75 Å². The second-order valence-electron chi connectivity index (χ2n) is 5.55. The molecule has 0 saturated heterocycles. The highest BCUT2D eigenvalue weighted by molar-refractivity contribution is 5.99. The van der Waals surface area contributed by atoms with Gasteiger partial charge in [-0.1, -0.05) is 24.3 Å². The SMILES string of the molecule is CC1Oc2ccc(CC(=O)Nc3ccccc3)cc2N(C)C1=O. The van der Waals surface area contributed by atoms with E-state index in [1.165, 1.54) is 0 Å². The van der Waals surface area contributed by atoms with Crippen LogP contribution in [0.15, 0.2) is 48.5 Å². The zero-order valence-corrected chi connectivity index (χ0v) is 13.1. The van der Waals surface area contributed by atoms with Gasteiger partial charge in [0.15, 0.2) is 6.10 Å². The molecule has 118 valence electrons. The summed E-state index contributed by atoms with van der Waals surface area (Å²) in [5.74, 6) is 0.463. The third-order valence-electron chi connectivity index (χ3n) is 3.79. The van der Waals surface area contributed by atoms with Gasteiger partial charge >= 0.3 is 0 Å². The normalized spacial score (nSPS) is 16.5. The van der Waals surface area contributed by atoms with Crippen molar-refractivity contribution in [3.05, 3.63) is 54.1 Å². The van der Waals surface area contributed by atoms with Gasteiger partial charge in [-0.2, -0.15) is 0 Å². The van der Waals surface area contributed by atoms with Crippen molar-refractivity contribution in [1.82, 2.24) is 0 Å². The lowest BCUT2D eigenvalue weighted by Crippen LogP contribution is -2.42. The minimum Gasteiger partial charge on any atom is -0.479 e. The lowest BCUT2D eigenvalue weighted by atomic mass is 10.1. The largest absolute Gasteiger partial charge is 0.479 e. The summed E-state index contributed by atoms with van der Waals surface area (Å²) < 4.78 is 5.58. The van der Waals surface area contributed by atoms with Crippen LogP contribution >= 0.6 is 0 Å². The summed E-state index contributed by atoms with van der Waals surface area (Å²) >= 11 is 0. The molecule has 1 unspecified atom stereocenters. The number of carbonyl (C=O) groups excluding carboxylic acids is 2. The Kier molecular flexibility index (Phi) is 4.02. The minimum atomic E-state index is -0.486. The van der Waals surface area contributed by atoms with Gasteiger partial charge < -0.3 is 15.0 Å². The average molecular weight is 310 g/mol. The van der Waals surface area contributed by atoms with Crippen molar-refractivity contribution in [2.24, 2.45) is 0 Å². The summed E-state index contributed by atoms with van der Waals surface area (Å²) in [6.45, 7) is 1.73. The van der Waals surface area contributed by atoms with Gasteiger partial charge in [0.2, 0.25) is 5.91 Å². The number of benzene rings is 2. The summed E-state index contributed by atoms with van der Waals surface area (Å²) in [6, 6.07) is 14.8. The third-order valence-corrected chi connectivity index (χ3v) is 3.79. The Morgan fingerprint density at radius 3 is 2.70 bits per heavy atom. The van der Waals surface area contributed by atoms with Gasteiger partial charge in [-0.25, -0.2) is 0 Å². The molecule has 2 aromatic rings. The molecule has 0 aromatic heterocycles. The van der Waals surface area contributed by atoms with Crippen molar-refractivity contribution in [1.29, 1.82) is 0 Å². The van der Waals surface area contributed by atoms with Gasteiger partial charge in [-0.3, -0.25) is 9.59 Å². The van der Waals surface area contributed by atoms with Crippen LogP contribution in [0.25, 0.3) is 0 Å². The Labute approximate surface area is 134 Å². The van der Waals surface area contributed by atoms with Gasteiger partial charge in [0.1, 0.15) is 5.75 Å². The Morgan fingerprint density at radius 2 is 1.96 bits per heavy atom. The fourth-order valence-corrected chi connectivity index (χ4v) is 2.58. The fourth-order valence-electron chi connectivity index (χ4n) is 2.58. The summed E-state index contributed by atoms with van der Waals surface area (Å²) in [5, 5.41) is 2.85. The Balaban J connectivity index is 1.75. The van der Waals surface area contributed by atoms with Crippen molar-refractivity contribution < 1.29 is 14.3 Å². The van der Waals surface area contributed by atoms with Crippen LogP contribution in [-0.4, -0.2) is 25.0 Å². The van der Waals surface area contributed by atoms with E-state index in [0.717, 1.165) is 11.3 Å². The van der Waals surface area contributed by atoms with Crippen LogP contribution in [0.1, 0.15) is 12.5 Å². The zero-order valence-electron chi connectivity index (χ0n) is 13.1. The van der Waals surface area contributed by atoms with E-state index in [2.05, 4.69) is 5.32 Å². The first kappa shape index (κ1) is 15.1. The predicted octanol–water partition coefficient (Wildman–Crippen LogP) is 2.61. The summed E-state index contributed by atoms with van der Waals surface area (Å²) in [5.41, 5.74) is 2.29. The van der Waals surface area contributed by atoms with E-state index in [0.29, 0.717) is 11.4 Å². The number of hydrogen-bond acceptors (Lipinski definition) is 3. The van der Waals surface area contributed by atoms with Gasteiger partial charge in [0.25, 0.3) is 5.91 Å². The number of likely N-dealkylation sites (N-methyl/N-ethyl adjacent to an activating group) is 1. The maximum Gasteiger partial charge on any atom is 0.267 e. The van der Waals surface area contributed by atoms with Crippen LogP contribution in [0.5, 0.6) is 5.75 Å². The molecular weight excluding hydrogens is 292 g/mol. The molecule has 1 aliphatic heterocycles. The van der Waals surface area contributed by atoms with E-state index in [4.69, 9.17) is 4.74 Å². The van der Waals surface area contributed by atoms with Gasteiger partial charge in [0, 0.05) is 12.7 Å². The molecular formula is C18H18N2O3. The smallest absolute Gasteiger partial charge is 0.267 e. The maximum atomic E-state index is 12.1. The zero-order chi connectivity index (χ0) is 16.4. The molecule has 5 nitrogen and oxygen atoms in total. The number of para-hydroxylation sites is 1. The van der Waals surface area contributed by atoms with Crippen LogP contribution in [0, 0.1) is 0 Å². The van der Waals surface area contributed by atoms with Crippen LogP contribution in [0.3, 0.4) is 0 Å². The third kappa shape index (κ3) is 3.18. The number of nitrogens with one attached hydrogen (secondary N) is 1. The molecule has 0 bridgehead atoms. The molecule has 3 rings (SSSR count). The van der Waals surface area contributed by atoms with E-state index in [-0.39, 0.29) is 18.2 Å². The number of carbonyl (C=O) groups is 2. The maximum absolute atomic E-state index is 12.1. The minimum absolute atomic E-state index is 0.0941. The molecule has 0 aliphatic carbocycles. The summed E-state index contributed by atoms with van der Waals surface area (Å²) in [6.07, 6.45) is -0.250. The Bertz CT molecular complexity index is 743. The number of amides is 2. The lowest BCUT2D eigenvalue weighted by Gasteiger charge is -2.30. The topological polar surface area (TPSA) is 58.6 Å². The first-order chi connectivity index (χ1) is 11.0. The molecule has 1 atom stereocenters. The molecule has 0 saturated carbocycles. The number of rotatable bonds is 3. The van der Waals surface area contributed by atoms with Gasteiger partial charge in [-0.05, 0) is 36.8 Å². The molecule has 0 fully saturated rings. The summed E-state index contributed by atoms with van der Waals surface area (Å²) in [4.78, 5) is 25.7. The molecule has 1 heterocycles. The van der Waals surface area contributed by atoms with E-state index >= 15 is 0 Å². The van der Waals surface area contributed by atoms with Crippen molar-refractivity contribution in [3.63, 3.8) is 0 Å². The van der Waals surface area contributed by atoms with Crippen molar-refractivity contribution >= 4 is 23.2 Å². The Hall–Kier alpha value is -2.82. The monoisotopic (exact) mass is 310 g/mol. The molecule has 5 heteroatoms. The van der Waals surface area contributed by atoms with Crippen LogP contribution < -0.4 is 15.0 Å². The van der Waals surface area contributed by atoms with Crippen molar-refractivity contribution in [2.45, 2.75) is 19.4 Å². The van der Waals surface area contributed by atoms with Gasteiger partial charge in [0.05, 0.1) is 12.1 Å². The van der Waals surface area contributed by atoms with E-state index in [1.807, 2.05) is 42.5 Å². The predicted molar refractivity (Wildman–Crippen MR) is 88.7 cm³/mol. The average Bonchev–Trinajstić information content (AvgIpc) is 2.54. The first-order valence-corrected chi connectivity index (χ1v) is 7.46. The molecule has 23 heavy (non-hydrogen) atoms. The van der Waals surface area contributed by atoms with Gasteiger partial charge in [-0.15, -0.1) is 0 Å². The number of ether oxygens (including phenoxy) is 1. The highest BCUT2D eigenvalue weighted by Crippen LogP contribution is 2.34. The van der Waals surface area contributed by atoms with E-state index in [1.54, 1.807) is 24.9 Å². The second-order valence-corrected chi connectivity index (χ2v) is 5.55. The van der Waals surface area contributed by atoms with Crippen LogP contribution in [0.4, 0.5) is 11.4 Å². The second kappa shape index (κ2) is 6.12. The first-order valence-electron chi connectivity index (χ1n) is 7.46. The number of hydrogen-bond donors (Lipinski definition) is 1. The van der Waals surface area contributed by atoms with Crippen LogP contribution in [0.2, 0.25) is 0 Å². The molecule has 2 aromatic carbocycles. The highest BCUT2D eigenvalue weighted by Gasteiger charge is 2.28. The quantitative estimate of drug-likeness (QED) is 0.948. The molecule has 1 N–H and O–H groups in total. The van der Waals surface area contributed by atoms with Crippen molar-refractivity contribution in [2.75, 3.05) is 17.3 Å². The van der Waals surface area contributed by atoms with E-state index < -0.39 is 6.10 Å². The highest BCUT2D eigenvalue weighted by atomic mass is 16.5. The summed E-state index contributed by atoms with van der Waals surface area (Å²) in [7, 11) is 1.72. The fraction of sp³-hybridized carbons (Fsp3) is 0.222. The molecule has 0 radical (unpaired) electrons. The number of nitrogens with zero attached hydrogens (tertiary/aromatic N) is 1. The standard InChI is InChI=1S/C18H18N2O3/c1-12-18(22)20(2)15-10-13(8-9-16(15)23-12)11-17(21)19-14-6-4-3-5-7-14/h3-10,12H,11H2,1-2H3,(H,19,21). The lowest BCUT2D eigenvalue weighted by molar-refractivity contribution is -0.125. The molecule has 1 aliphatic rings. The molecule has 2 amide bonds. The van der Waals surface area contributed by atoms with E-state index in [9.17, 15) is 9.59 Å². The number of fused-ring (bicyclic) bond motifs is 1. The van der Waals surface area contributed by atoms with Crippen LogP contribution in [-0.2, 0) is 16.0 Å². The molecule has 0 spiro atoms. The Morgan fingerprint density at radius 1 is 1.22 bits per heavy atom. The number of anilines is 2.